The van der Waals surface area contributed by atoms with Gasteiger partial charge in [0.25, 0.3) is 5.91 Å². The summed E-state index contributed by atoms with van der Waals surface area (Å²) in [4.78, 5) is 36.3. The lowest BCUT2D eigenvalue weighted by Crippen LogP contribution is -2.49. The predicted octanol–water partition coefficient (Wildman–Crippen LogP) is 1.96. The van der Waals surface area contributed by atoms with E-state index < -0.39 is 6.04 Å². The average molecular weight is 340 g/mol. The zero-order valence-electron chi connectivity index (χ0n) is 13.9. The SMILES string of the molecule is CC(C)OC(=O)CCNC(=O)C(NC(=O)c1cccs1)C(C)C. The summed E-state index contributed by atoms with van der Waals surface area (Å²) in [6.07, 6.45) is -0.0696. The number of carbonyl (C=O) groups is 3. The van der Waals surface area contributed by atoms with Crippen LogP contribution in [0, 0.1) is 5.92 Å². The van der Waals surface area contributed by atoms with Crippen molar-refractivity contribution < 1.29 is 19.1 Å². The van der Waals surface area contributed by atoms with Gasteiger partial charge in [0.1, 0.15) is 6.04 Å². The van der Waals surface area contributed by atoms with Crippen molar-refractivity contribution in [3.8, 4) is 0 Å². The number of hydrogen-bond acceptors (Lipinski definition) is 5. The molecule has 0 aromatic carbocycles. The van der Waals surface area contributed by atoms with Gasteiger partial charge < -0.3 is 15.4 Å². The van der Waals surface area contributed by atoms with Gasteiger partial charge in [-0.3, -0.25) is 14.4 Å². The summed E-state index contributed by atoms with van der Waals surface area (Å²) in [5, 5.41) is 7.21. The van der Waals surface area contributed by atoms with Crippen LogP contribution in [0.1, 0.15) is 43.8 Å². The van der Waals surface area contributed by atoms with Crippen molar-refractivity contribution in [3.63, 3.8) is 0 Å². The highest BCUT2D eigenvalue weighted by atomic mass is 32.1. The zero-order chi connectivity index (χ0) is 17.4. The summed E-state index contributed by atoms with van der Waals surface area (Å²) < 4.78 is 4.99. The van der Waals surface area contributed by atoms with Gasteiger partial charge in [-0.05, 0) is 31.2 Å². The number of thiophene rings is 1. The van der Waals surface area contributed by atoms with E-state index in [4.69, 9.17) is 4.74 Å². The molecule has 1 atom stereocenters. The topological polar surface area (TPSA) is 84.5 Å². The molecule has 2 N–H and O–H groups in total. The third kappa shape index (κ3) is 6.81. The molecule has 0 aliphatic heterocycles. The maximum atomic E-state index is 12.2. The highest BCUT2D eigenvalue weighted by Crippen LogP contribution is 2.10. The molecule has 0 aliphatic carbocycles. The van der Waals surface area contributed by atoms with Crippen molar-refractivity contribution in [3.05, 3.63) is 22.4 Å². The summed E-state index contributed by atoms with van der Waals surface area (Å²) in [5.74, 6) is -0.999. The Balaban J connectivity index is 2.48. The minimum atomic E-state index is -0.647. The van der Waals surface area contributed by atoms with Gasteiger partial charge in [0.15, 0.2) is 0 Å². The molecule has 0 saturated heterocycles. The molecule has 0 spiro atoms. The molecular weight excluding hydrogens is 316 g/mol. The first-order chi connectivity index (χ1) is 10.8. The average Bonchev–Trinajstić information content (AvgIpc) is 2.97. The molecule has 7 heteroatoms. The molecule has 1 unspecified atom stereocenters. The predicted molar refractivity (Wildman–Crippen MR) is 89.3 cm³/mol. The molecule has 0 fully saturated rings. The van der Waals surface area contributed by atoms with Crippen LogP contribution in [-0.4, -0.2) is 36.5 Å². The molecule has 0 saturated carbocycles. The molecule has 1 aromatic rings. The van der Waals surface area contributed by atoms with Crippen LogP contribution in [0.4, 0.5) is 0 Å². The number of nitrogens with one attached hydrogen (secondary N) is 2. The highest BCUT2D eigenvalue weighted by Gasteiger charge is 2.24. The molecule has 1 rings (SSSR count). The van der Waals surface area contributed by atoms with Crippen molar-refractivity contribution in [1.82, 2.24) is 10.6 Å². The first-order valence-corrected chi connectivity index (χ1v) is 8.50. The van der Waals surface area contributed by atoms with Crippen LogP contribution in [-0.2, 0) is 14.3 Å². The minimum Gasteiger partial charge on any atom is -0.463 e. The number of rotatable bonds is 8. The Morgan fingerprint density at radius 2 is 1.91 bits per heavy atom. The molecule has 1 heterocycles. The second kappa shape index (κ2) is 9.29. The number of hydrogen-bond donors (Lipinski definition) is 2. The van der Waals surface area contributed by atoms with Gasteiger partial charge in [-0.2, -0.15) is 0 Å². The standard InChI is InChI=1S/C16H24N2O4S/c1-10(2)14(18-15(20)12-6-5-9-23-12)16(21)17-8-7-13(19)22-11(3)4/h5-6,9-11,14H,7-8H2,1-4H3,(H,17,21)(H,18,20). The van der Waals surface area contributed by atoms with Crippen molar-refractivity contribution in [1.29, 1.82) is 0 Å². The lowest BCUT2D eigenvalue weighted by molar-refractivity contribution is -0.147. The van der Waals surface area contributed by atoms with Gasteiger partial charge in [-0.1, -0.05) is 19.9 Å². The Bertz CT molecular complexity index is 526. The first kappa shape index (κ1) is 19.2. The van der Waals surface area contributed by atoms with Crippen LogP contribution in [0.25, 0.3) is 0 Å². The van der Waals surface area contributed by atoms with E-state index in [0.717, 1.165) is 0 Å². The number of ether oxygens (including phenoxy) is 1. The smallest absolute Gasteiger partial charge is 0.307 e. The quantitative estimate of drug-likeness (QED) is 0.709. The van der Waals surface area contributed by atoms with E-state index in [0.29, 0.717) is 4.88 Å². The lowest BCUT2D eigenvalue weighted by Gasteiger charge is -2.21. The van der Waals surface area contributed by atoms with Crippen molar-refractivity contribution >= 4 is 29.1 Å². The second-order valence-electron chi connectivity index (χ2n) is 5.75. The van der Waals surface area contributed by atoms with Crippen LogP contribution in [0.15, 0.2) is 17.5 Å². The highest BCUT2D eigenvalue weighted by molar-refractivity contribution is 7.12. The molecule has 2 amide bonds. The lowest BCUT2D eigenvalue weighted by atomic mass is 10.0. The maximum absolute atomic E-state index is 12.2. The molecule has 0 radical (unpaired) electrons. The van der Waals surface area contributed by atoms with E-state index in [1.165, 1.54) is 11.3 Å². The number of esters is 1. The van der Waals surface area contributed by atoms with Crippen LogP contribution in [0.5, 0.6) is 0 Å². The van der Waals surface area contributed by atoms with Crippen molar-refractivity contribution in [2.75, 3.05) is 6.54 Å². The number of amides is 2. The molecule has 128 valence electrons. The maximum Gasteiger partial charge on any atom is 0.307 e. The summed E-state index contributed by atoms with van der Waals surface area (Å²) in [7, 11) is 0. The zero-order valence-corrected chi connectivity index (χ0v) is 14.7. The largest absolute Gasteiger partial charge is 0.463 e. The normalized spacial score (nSPS) is 12.1. The molecule has 0 bridgehead atoms. The van der Waals surface area contributed by atoms with Gasteiger partial charge in [-0.25, -0.2) is 0 Å². The van der Waals surface area contributed by atoms with E-state index in [9.17, 15) is 14.4 Å². The Kier molecular flexibility index (Phi) is 7.74. The fourth-order valence-electron chi connectivity index (χ4n) is 1.87. The summed E-state index contributed by atoms with van der Waals surface area (Å²) in [5.41, 5.74) is 0. The van der Waals surface area contributed by atoms with E-state index >= 15 is 0 Å². The van der Waals surface area contributed by atoms with Crippen LogP contribution >= 0.6 is 11.3 Å². The van der Waals surface area contributed by atoms with Gasteiger partial charge in [-0.15, -0.1) is 11.3 Å². The second-order valence-corrected chi connectivity index (χ2v) is 6.70. The van der Waals surface area contributed by atoms with Crippen LogP contribution in [0.3, 0.4) is 0 Å². The van der Waals surface area contributed by atoms with E-state index in [2.05, 4.69) is 10.6 Å². The molecule has 0 aliphatic rings. The summed E-state index contributed by atoms with van der Waals surface area (Å²) in [6, 6.07) is 2.84. The Morgan fingerprint density at radius 3 is 2.43 bits per heavy atom. The minimum absolute atomic E-state index is 0.0680. The van der Waals surface area contributed by atoms with Gasteiger partial charge >= 0.3 is 5.97 Å². The van der Waals surface area contributed by atoms with E-state index in [1.54, 1.807) is 31.4 Å². The van der Waals surface area contributed by atoms with E-state index in [-0.39, 0.29) is 42.8 Å². The third-order valence-corrected chi connectivity index (χ3v) is 3.84. The third-order valence-electron chi connectivity index (χ3n) is 2.98. The molecule has 6 nitrogen and oxygen atoms in total. The fourth-order valence-corrected chi connectivity index (χ4v) is 2.50. The number of carbonyl (C=O) groups excluding carboxylic acids is 3. The monoisotopic (exact) mass is 340 g/mol. The van der Waals surface area contributed by atoms with E-state index in [1.807, 2.05) is 13.8 Å². The van der Waals surface area contributed by atoms with Crippen LogP contribution < -0.4 is 10.6 Å². The molecular formula is C16H24N2O4S. The van der Waals surface area contributed by atoms with Crippen molar-refractivity contribution in [2.45, 2.75) is 46.3 Å². The summed E-state index contributed by atoms with van der Waals surface area (Å²) >= 11 is 1.32. The first-order valence-electron chi connectivity index (χ1n) is 7.62. The Morgan fingerprint density at radius 1 is 1.22 bits per heavy atom. The Labute approximate surface area is 140 Å². The molecule has 23 heavy (non-hydrogen) atoms. The Hall–Kier alpha value is -1.89. The van der Waals surface area contributed by atoms with Gasteiger partial charge in [0.05, 0.1) is 17.4 Å². The molecule has 1 aromatic heterocycles. The fraction of sp³-hybridized carbons (Fsp3) is 0.562. The van der Waals surface area contributed by atoms with Gasteiger partial charge in [0.2, 0.25) is 5.91 Å². The van der Waals surface area contributed by atoms with Gasteiger partial charge in [0, 0.05) is 6.54 Å². The summed E-state index contributed by atoms with van der Waals surface area (Å²) in [6.45, 7) is 7.43. The van der Waals surface area contributed by atoms with Crippen LogP contribution in [0.2, 0.25) is 0 Å². The van der Waals surface area contributed by atoms with Crippen molar-refractivity contribution in [2.24, 2.45) is 5.92 Å².